The minimum atomic E-state index is -1.33. The van der Waals surface area contributed by atoms with Crippen LogP contribution >= 0.6 is 0 Å². The van der Waals surface area contributed by atoms with Crippen molar-refractivity contribution in [3.8, 4) is 0 Å². The van der Waals surface area contributed by atoms with Gasteiger partial charge in [0.15, 0.2) is 8.32 Å². The summed E-state index contributed by atoms with van der Waals surface area (Å²) in [5.74, 6) is 0. The molecule has 1 aromatic rings. The highest BCUT2D eigenvalue weighted by molar-refractivity contribution is 6.69. The van der Waals surface area contributed by atoms with Gasteiger partial charge < -0.3 is 4.43 Å². The molecule has 0 atom stereocenters. The lowest BCUT2D eigenvalue weighted by atomic mass is 10.1. The zero-order chi connectivity index (χ0) is 10.6. The maximum atomic E-state index is 5.83. The minimum absolute atomic E-state index is 0.862. The fourth-order valence-electron chi connectivity index (χ4n) is 1.36. The average molecular weight is 208 g/mol. The van der Waals surface area contributed by atoms with Gasteiger partial charge in [-0.15, -0.1) is 0 Å². The normalized spacial score (nSPS) is 11.7. The summed E-state index contributed by atoms with van der Waals surface area (Å²) in [6, 6.07) is 8.52. The first-order valence-corrected chi connectivity index (χ1v) is 8.58. The van der Waals surface area contributed by atoms with Crippen molar-refractivity contribution in [3.05, 3.63) is 35.4 Å². The van der Waals surface area contributed by atoms with E-state index in [-0.39, 0.29) is 0 Å². The Balaban J connectivity index is 2.43. The predicted octanol–water partition coefficient (Wildman–Crippen LogP) is 3.39. The minimum Gasteiger partial charge on any atom is -0.417 e. The second-order valence-corrected chi connectivity index (χ2v) is 9.15. The van der Waals surface area contributed by atoms with Crippen LogP contribution in [0.2, 0.25) is 19.6 Å². The molecule has 78 valence electrons. The van der Waals surface area contributed by atoms with Gasteiger partial charge >= 0.3 is 0 Å². The first-order chi connectivity index (χ1) is 6.49. The van der Waals surface area contributed by atoms with Gasteiger partial charge in [-0.25, -0.2) is 0 Å². The summed E-state index contributed by atoms with van der Waals surface area (Å²) in [4.78, 5) is 0. The third kappa shape index (κ3) is 4.07. The molecule has 0 N–H and O–H groups in total. The smallest absolute Gasteiger partial charge is 0.183 e. The second kappa shape index (κ2) is 4.76. The third-order valence-corrected chi connectivity index (χ3v) is 3.24. The van der Waals surface area contributed by atoms with Crippen LogP contribution in [-0.4, -0.2) is 14.9 Å². The van der Waals surface area contributed by atoms with Crippen LogP contribution in [0.5, 0.6) is 0 Å². The predicted molar refractivity (Wildman–Crippen MR) is 64.2 cm³/mol. The van der Waals surface area contributed by atoms with E-state index >= 15 is 0 Å². The van der Waals surface area contributed by atoms with Crippen molar-refractivity contribution in [1.82, 2.24) is 0 Å². The monoisotopic (exact) mass is 208 g/mol. The van der Waals surface area contributed by atoms with E-state index in [0.29, 0.717) is 0 Å². The molecule has 0 radical (unpaired) electrons. The van der Waals surface area contributed by atoms with Gasteiger partial charge in [0.05, 0.1) is 0 Å². The summed E-state index contributed by atoms with van der Waals surface area (Å²) in [6.07, 6.45) is 1.04. The Morgan fingerprint density at radius 3 is 2.36 bits per heavy atom. The van der Waals surface area contributed by atoms with E-state index in [1.807, 2.05) is 0 Å². The summed E-state index contributed by atoms with van der Waals surface area (Å²) in [7, 11) is -1.33. The Hall–Kier alpha value is -0.603. The molecular formula is C12H20OSi. The highest BCUT2D eigenvalue weighted by Gasteiger charge is 2.13. The maximum absolute atomic E-state index is 5.83. The third-order valence-electron chi connectivity index (χ3n) is 2.17. The molecule has 0 aromatic heterocycles. The molecule has 0 saturated heterocycles. The highest BCUT2D eigenvalue weighted by atomic mass is 28.4. The number of hydrogen-bond donors (Lipinski definition) is 0. The maximum Gasteiger partial charge on any atom is 0.183 e. The quantitative estimate of drug-likeness (QED) is 0.689. The Labute approximate surface area is 88.2 Å². The van der Waals surface area contributed by atoms with Crippen LogP contribution in [0.3, 0.4) is 0 Å². The molecule has 1 nitrogen and oxygen atoms in total. The summed E-state index contributed by atoms with van der Waals surface area (Å²) in [5.41, 5.74) is 2.78. The molecule has 0 heterocycles. The lowest BCUT2D eigenvalue weighted by Gasteiger charge is -2.17. The summed E-state index contributed by atoms with van der Waals surface area (Å²) in [5, 5.41) is 0. The number of aryl methyl sites for hydroxylation is 1. The van der Waals surface area contributed by atoms with Crippen molar-refractivity contribution >= 4 is 8.32 Å². The van der Waals surface area contributed by atoms with Crippen molar-refractivity contribution in [1.29, 1.82) is 0 Å². The molecule has 0 aliphatic carbocycles. The molecule has 1 aromatic carbocycles. The Kier molecular flexibility index (Phi) is 3.90. The summed E-state index contributed by atoms with van der Waals surface area (Å²) >= 11 is 0. The molecule has 0 unspecified atom stereocenters. The molecule has 2 heteroatoms. The lowest BCUT2D eigenvalue weighted by molar-refractivity contribution is 0.315. The van der Waals surface area contributed by atoms with Crippen molar-refractivity contribution in [2.75, 3.05) is 6.61 Å². The number of benzene rings is 1. The Morgan fingerprint density at radius 2 is 1.79 bits per heavy atom. The molecule has 1 rings (SSSR count). The number of hydrogen-bond acceptors (Lipinski definition) is 1. The molecule has 14 heavy (non-hydrogen) atoms. The van der Waals surface area contributed by atoms with Gasteiger partial charge in [0.1, 0.15) is 0 Å². The van der Waals surface area contributed by atoms with Crippen molar-refractivity contribution in [2.24, 2.45) is 0 Å². The van der Waals surface area contributed by atoms with E-state index in [9.17, 15) is 0 Å². The standard InChI is InChI=1S/C12H20OSi/c1-11-7-5-6-8-12(11)9-10-13-14(2,3)4/h5-8H,9-10H2,1-4H3. The van der Waals surface area contributed by atoms with Crippen molar-refractivity contribution in [2.45, 2.75) is 33.0 Å². The zero-order valence-electron chi connectivity index (χ0n) is 9.63. The van der Waals surface area contributed by atoms with Crippen LogP contribution in [0.4, 0.5) is 0 Å². The van der Waals surface area contributed by atoms with Crippen LogP contribution in [0.15, 0.2) is 24.3 Å². The SMILES string of the molecule is Cc1ccccc1CCO[Si](C)(C)C. The summed E-state index contributed by atoms with van der Waals surface area (Å²) in [6.45, 7) is 9.70. The first-order valence-electron chi connectivity index (χ1n) is 5.17. The molecule has 0 bridgehead atoms. The largest absolute Gasteiger partial charge is 0.417 e. The molecule has 0 spiro atoms. The fraction of sp³-hybridized carbons (Fsp3) is 0.500. The van der Waals surface area contributed by atoms with Gasteiger partial charge in [-0.2, -0.15) is 0 Å². The van der Waals surface area contributed by atoms with E-state index in [1.54, 1.807) is 0 Å². The van der Waals surface area contributed by atoms with E-state index in [2.05, 4.69) is 50.8 Å². The number of rotatable bonds is 4. The van der Waals surface area contributed by atoms with Crippen LogP contribution in [0.25, 0.3) is 0 Å². The zero-order valence-corrected chi connectivity index (χ0v) is 10.6. The topological polar surface area (TPSA) is 9.23 Å². The van der Waals surface area contributed by atoms with Gasteiger partial charge in [0.25, 0.3) is 0 Å². The van der Waals surface area contributed by atoms with Crippen LogP contribution in [0, 0.1) is 6.92 Å². The molecular weight excluding hydrogens is 188 g/mol. The molecule has 0 fully saturated rings. The average Bonchev–Trinajstić information content (AvgIpc) is 2.06. The van der Waals surface area contributed by atoms with Crippen LogP contribution < -0.4 is 0 Å². The second-order valence-electron chi connectivity index (χ2n) is 4.64. The van der Waals surface area contributed by atoms with Crippen LogP contribution in [-0.2, 0) is 10.8 Å². The van der Waals surface area contributed by atoms with Gasteiger partial charge in [0.2, 0.25) is 0 Å². The van der Waals surface area contributed by atoms with Crippen molar-refractivity contribution < 1.29 is 4.43 Å². The molecule has 0 amide bonds. The molecule has 0 aliphatic rings. The van der Waals surface area contributed by atoms with Gasteiger partial charge in [0, 0.05) is 6.61 Å². The lowest BCUT2D eigenvalue weighted by Crippen LogP contribution is -2.26. The van der Waals surface area contributed by atoms with E-state index in [0.717, 1.165) is 13.0 Å². The highest BCUT2D eigenvalue weighted by Crippen LogP contribution is 2.09. The Bertz CT molecular complexity index is 289. The molecule has 0 saturated carbocycles. The summed E-state index contributed by atoms with van der Waals surface area (Å²) < 4.78 is 5.83. The van der Waals surface area contributed by atoms with Gasteiger partial charge in [-0.05, 0) is 44.1 Å². The van der Waals surface area contributed by atoms with Gasteiger partial charge in [-0.3, -0.25) is 0 Å². The van der Waals surface area contributed by atoms with Crippen molar-refractivity contribution in [3.63, 3.8) is 0 Å². The fourth-order valence-corrected chi connectivity index (χ4v) is 2.07. The van der Waals surface area contributed by atoms with E-state index in [4.69, 9.17) is 4.43 Å². The molecule has 0 aliphatic heterocycles. The van der Waals surface area contributed by atoms with E-state index < -0.39 is 8.32 Å². The van der Waals surface area contributed by atoms with Crippen LogP contribution in [0.1, 0.15) is 11.1 Å². The van der Waals surface area contributed by atoms with E-state index in [1.165, 1.54) is 11.1 Å². The Morgan fingerprint density at radius 1 is 1.14 bits per heavy atom. The van der Waals surface area contributed by atoms with Gasteiger partial charge in [-0.1, -0.05) is 24.3 Å². The first kappa shape index (κ1) is 11.5.